The topological polar surface area (TPSA) is 95.9 Å². The molecule has 0 aliphatic carbocycles. The van der Waals surface area contributed by atoms with Gasteiger partial charge in [-0.1, -0.05) is 18.2 Å². The Hall–Kier alpha value is -2.09. The van der Waals surface area contributed by atoms with Gasteiger partial charge in [-0.25, -0.2) is 8.42 Å². The Kier molecular flexibility index (Phi) is 6.27. The highest BCUT2D eigenvalue weighted by Crippen LogP contribution is 2.31. The van der Waals surface area contributed by atoms with Crippen LogP contribution in [0.1, 0.15) is 36.5 Å². The molecule has 0 radical (unpaired) electrons. The number of hydrogen-bond acceptors (Lipinski definition) is 6. The number of phenols is 1. The van der Waals surface area contributed by atoms with Gasteiger partial charge in [-0.15, -0.1) is 0 Å². The van der Waals surface area contributed by atoms with Crippen LogP contribution in [-0.2, 0) is 16.3 Å². The fourth-order valence-electron chi connectivity index (χ4n) is 3.70. The lowest BCUT2D eigenvalue weighted by Gasteiger charge is -2.21. The zero-order valence-electron chi connectivity index (χ0n) is 16.1. The molecule has 1 aliphatic heterocycles. The summed E-state index contributed by atoms with van der Waals surface area (Å²) in [5.41, 5.74) is 1.73. The molecule has 2 aromatic rings. The van der Waals surface area contributed by atoms with Crippen LogP contribution in [0.2, 0.25) is 0 Å². The second-order valence-corrected chi connectivity index (χ2v) is 9.36. The largest absolute Gasteiger partial charge is 0.507 e. The van der Waals surface area contributed by atoms with Crippen LogP contribution in [-0.4, -0.2) is 44.1 Å². The molecule has 1 aliphatic rings. The summed E-state index contributed by atoms with van der Waals surface area (Å²) in [6.07, 6.45) is 3.87. The number of nitrogens with one attached hydrogen (secondary N) is 1. The van der Waals surface area contributed by atoms with Gasteiger partial charge in [0.25, 0.3) is 0 Å². The van der Waals surface area contributed by atoms with E-state index in [-0.39, 0.29) is 16.7 Å². The molecule has 28 heavy (non-hydrogen) atoms. The molecule has 0 saturated carbocycles. The van der Waals surface area contributed by atoms with Gasteiger partial charge in [0.15, 0.2) is 9.84 Å². The average Bonchev–Trinajstić information content (AvgIpc) is 3.14. The van der Waals surface area contributed by atoms with Gasteiger partial charge >= 0.3 is 0 Å². The van der Waals surface area contributed by atoms with Crippen LogP contribution in [0.15, 0.2) is 47.4 Å². The van der Waals surface area contributed by atoms with Crippen LogP contribution < -0.4 is 10.1 Å². The van der Waals surface area contributed by atoms with E-state index >= 15 is 0 Å². The summed E-state index contributed by atoms with van der Waals surface area (Å²) in [6.45, 7) is 0. The molecule has 3 unspecified atom stereocenters. The fraction of sp³-hybridized carbons (Fsp3) is 0.429. The Morgan fingerprint density at radius 1 is 1.18 bits per heavy atom. The Morgan fingerprint density at radius 2 is 1.89 bits per heavy atom. The zero-order chi connectivity index (χ0) is 20.3. The van der Waals surface area contributed by atoms with Gasteiger partial charge in [0.1, 0.15) is 16.4 Å². The number of aliphatic hydroxyl groups is 1. The number of methoxy groups -OCH3 is 1. The molecule has 0 bridgehead atoms. The number of ether oxygens (including phenoxy) is 1. The summed E-state index contributed by atoms with van der Waals surface area (Å²) in [5.74, 6) is 0.545. The van der Waals surface area contributed by atoms with Gasteiger partial charge in [0, 0.05) is 18.3 Å². The maximum Gasteiger partial charge on any atom is 0.179 e. The summed E-state index contributed by atoms with van der Waals surface area (Å²) in [4.78, 5) is -0.155. The van der Waals surface area contributed by atoms with E-state index in [0.29, 0.717) is 11.6 Å². The predicted octanol–water partition coefficient (Wildman–Crippen LogP) is 2.59. The van der Waals surface area contributed by atoms with Crippen molar-refractivity contribution >= 4 is 9.84 Å². The van der Waals surface area contributed by atoms with Crippen LogP contribution in [0, 0.1) is 0 Å². The van der Waals surface area contributed by atoms with Crippen molar-refractivity contribution in [2.45, 2.75) is 48.8 Å². The SMILES string of the molecule is COc1ccc(CCC2CCC(C(O)c3ccc(O)c(S(C)(=O)=O)c3)N2)cc1. The lowest BCUT2D eigenvalue weighted by atomic mass is 10.0. The molecule has 3 atom stereocenters. The number of phenolic OH excluding ortho intramolecular Hbond substituents is 1. The van der Waals surface area contributed by atoms with Crippen molar-refractivity contribution in [2.75, 3.05) is 13.4 Å². The van der Waals surface area contributed by atoms with Crippen LogP contribution in [0.25, 0.3) is 0 Å². The zero-order valence-corrected chi connectivity index (χ0v) is 16.9. The van der Waals surface area contributed by atoms with Gasteiger partial charge in [0.2, 0.25) is 0 Å². The highest BCUT2D eigenvalue weighted by atomic mass is 32.2. The monoisotopic (exact) mass is 405 g/mol. The normalized spacial score (nSPS) is 20.8. The van der Waals surface area contributed by atoms with Crippen LogP contribution in [0.3, 0.4) is 0 Å². The Labute approximate surface area is 166 Å². The van der Waals surface area contributed by atoms with Gasteiger partial charge in [-0.05, 0) is 61.1 Å². The molecule has 7 heteroatoms. The van der Waals surface area contributed by atoms with Crippen LogP contribution in [0.5, 0.6) is 11.5 Å². The van der Waals surface area contributed by atoms with E-state index in [1.54, 1.807) is 13.2 Å². The number of aliphatic hydroxyl groups excluding tert-OH is 1. The van der Waals surface area contributed by atoms with Gasteiger partial charge in [-0.2, -0.15) is 0 Å². The van der Waals surface area contributed by atoms with E-state index in [1.165, 1.54) is 17.7 Å². The molecular formula is C21H27NO5S. The third-order valence-electron chi connectivity index (χ3n) is 5.32. The Bertz CT molecular complexity index is 911. The highest BCUT2D eigenvalue weighted by molar-refractivity contribution is 7.90. The minimum Gasteiger partial charge on any atom is -0.507 e. The molecule has 1 fully saturated rings. The van der Waals surface area contributed by atoms with Gasteiger partial charge in [0.05, 0.1) is 13.2 Å². The summed E-state index contributed by atoms with van der Waals surface area (Å²) < 4.78 is 28.8. The molecular weight excluding hydrogens is 378 g/mol. The van der Waals surface area contributed by atoms with Crippen molar-refractivity contribution in [1.29, 1.82) is 0 Å². The summed E-state index contributed by atoms with van der Waals surface area (Å²) >= 11 is 0. The molecule has 0 amide bonds. The van der Waals surface area contributed by atoms with Crippen molar-refractivity contribution < 1.29 is 23.4 Å². The number of sulfone groups is 1. The standard InChI is InChI=1S/C21H27NO5S/c1-27-17-9-4-14(5-10-17)3-7-16-8-11-18(22-16)21(24)15-6-12-19(23)20(13-15)28(2,25)26/h4-6,9-10,12-13,16,18,21-24H,3,7-8,11H2,1-2H3. The van der Waals surface area contributed by atoms with E-state index in [0.717, 1.165) is 37.7 Å². The lowest BCUT2D eigenvalue weighted by molar-refractivity contribution is 0.134. The quantitative estimate of drug-likeness (QED) is 0.655. The third kappa shape index (κ3) is 4.84. The second kappa shape index (κ2) is 8.51. The minimum atomic E-state index is -3.56. The lowest BCUT2D eigenvalue weighted by Crippen LogP contribution is -2.34. The smallest absolute Gasteiger partial charge is 0.179 e. The number of benzene rings is 2. The first-order valence-electron chi connectivity index (χ1n) is 9.38. The molecule has 2 aromatic carbocycles. The van der Waals surface area contributed by atoms with Gasteiger partial charge < -0.3 is 20.3 Å². The third-order valence-corrected chi connectivity index (χ3v) is 6.45. The first-order chi connectivity index (χ1) is 13.3. The number of hydrogen-bond donors (Lipinski definition) is 3. The molecule has 1 heterocycles. The Morgan fingerprint density at radius 3 is 2.54 bits per heavy atom. The minimum absolute atomic E-state index is 0.141. The van der Waals surface area contributed by atoms with Crippen molar-refractivity contribution in [1.82, 2.24) is 5.32 Å². The molecule has 3 rings (SSSR count). The van der Waals surface area contributed by atoms with E-state index < -0.39 is 15.9 Å². The maximum atomic E-state index is 11.8. The first-order valence-corrected chi connectivity index (χ1v) is 11.3. The summed E-state index contributed by atoms with van der Waals surface area (Å²) in [7, 11) is -1.91. The van der Waals surface area contributed by atoms with Crippen molar-refractivity contribution in [3.05, 3.63) is 53.6 Å². The van der Waals surface area contributed by atoms with Gasteiger partial charge in [-0.3, -0.25) is 0 Å². The number of aromatic hydroxyl groups is 1. The molecule has 3 N–H and O–H groups in total. The summed E-state index contributed by atoms with van der Waals surface area (Å²) in [6, 6.07) is 12.4. The van der Waals surface area contributed by atoms with Crippen molar-refractivity contribution in [2.24, 2.45) is 0 Å². The van der Waals surface area contributed by atoms with E-state index in [1.807, 2.05) is 12.1 Å². The van der Waals surface area contributed by atoms with Crippen LogP contribution >= 0.6 is 0 Å². The molecule has 0 spiro atoms. The predicted molar refractivity (Wildman–Crippen MR) is 107 cm³/mol. The maximum absolute atomic E-state index is 11.8. The number of aryl methyl sites for hydroxylation is 1. The highest BCUT2D eigenvalue weighted by Gasteiger charge is 2.30. The van der Waals surface area contributed by atoms with Crippen molar-refractivity contribution in [3.8, 4) is 11.5 Å². The second-order valence-electron chi connectivity index (χ2n) is 7.38. The average molecular weight is 406 g/mol. The fourth-order valence-corrected chi connectivity index (χ4v) is 4.50. The van der Waals surface area contributed by atoms with Crippen LogP contribution in [0.4, 0.5) is 0 Å². The van der Waals surface area contributed by atoms with E-state index in [2.05, 4.69) is 17.4 Å². The molecule has 0 aromatic heterocycles. The molecule has 1 saturated heterocycles. The Balaban J connectivity index is 1.60. The molecule has 6 nitrogen and oxygen atoms in total. The van der Waals surface area contributed by atoms with Crippen molar-refractivity contribution in [3.63, 3.8) is 0 Å². The number of rotatable bonds is 7. The molecule has 152 valence electrons. The van der Waals surface area contributed by atoms with E-state index in [4.69, 9.17) is 4.74 Å². The van der Waals surface area contributed by atoms with E-state index in [9.17, 15) is 18.6 Å². The first kappa shape index (κ1) is 20.6. The summed E-state index contributed by atoms with van der Waals surface area (Å²) in [5, 5.41) is 24.0.